The van der Waals surface area contributed by atoms with Crippen LogP contribution < -0.4 is 0 Å². The lowest BCUT2D eigenvalue weighted by atomic mass is 9.91. The Morgan fingerprint density at radius 2 is 2.21 bits per heavy atom. The molecule has 128 valence electrons. The van der Waals surface area contributed by atoms with E-state index in [1.54, 1.807) is 19.3 Å². The Balaban J connectivity index is 1.48. The fraction of sp³-hybridized carbons (Fsp3) is 0.529. The van der Waals surface area contributed by atoms with E-state index < -0.39 is 6.10 Å². The first-order valence-corrected chi connectivity index (χ1v) is 8.36. The molecule has 7 nitrogen and oxygen atoms in total. The number of aliphatic hydroxyl groups is 1. The molecule has 2 aromatic rings. The molecule has 1 fully saturated rings. The number of amides is 1. The Morgan fingerprint density at radius 1 is 1.42 bits per heavy atom. The first kappa shape index (κ1) is 16.6. The Morgan fingerprint density at radius 3 is 2.83 bits per heavy atom. The normalized spacial score (nSPS) is 17.0. The highest BCUT2D eigenvalue weighted by molar-refractivity contribution is 5.75. The van der Waals surface area contributed by atoms with Gasteiger partial charge >= 0.3 is 0 Å². The number of aliphatic hydroxyl groups excluding tert-OH is 1. The number of aromatic nitrogens is 4. The van der Waals surface area contributed by atoms with Crippen LogP contribution in [0.3, 0.4) is 0 Å². The standard InChI is InChI=1S/C17H23N5O2/c1-13(23)16-11-22(20-19-16)12-17(24)21-7-4-14(5-8-21)9-15-3-2-6-18-10-15/h2-3,6,10-11,13-14,23H,4-5,7-9,12H2,1H3. The number of hydrogen-bond acceptors (Lipinski definition) is 5. The minimum absolute atomic E-state index is 0.0527. The summed E-state index contributed by atoms with van der Waals surface area (Å²) in [6, 6.07) is 4.07. The van der Waals surface area contributed by atoms with Gasteiger partial charge in [-0.05, 0) is 43.7 Å². The Bertz CT molecular complexity index is 663. The minimum Gasteiger partial charge on any atom is -0.387 e. The molecule has 3 rings (SSSR count). The van der Waals surface area contributed by atoms with Crippen molar-refractivity contribution >= 4 is 5.91 Å². The molecule has 0 aromatic carbocycles. The highest BCUT2D eigenvalue weighted by Gasteiger charge is 2.23. The SMILES string of the molecule is CC(O)c1cn(CC(=O)N2CCC(Cc3cccnc3)CC2)nn1. The van der Waals surface area contributed by atoms with Gasteiger partial charge in [-0.2, -0.15) is 0 Å². The number of hydrogen-bond donors (Lipinski definition) is 1. The van der Waals surface area contributed by atoms with E-state index in [2.05, 4.69) is 21.4 Å². The zero-order chi connectivity index (χ0) is 16.9. The van der Waals surface area contributed by atoms with Crippen LogP contribution in [0, 0.1) is 5.92 Å². The van der Waals surface area contributed by atoms with Crippen molar-refractivity contribution in [1.29, 1.82) is 0 Å². The van der Waals surface area contributed by atoms with Crippen molar-refractivity contribution in [2.24, 2.45) is 5.92 Å². The minimum atomic E-state index is -0.669. The molecule has 1 amide bonds. The van der Waals surface area contributed by atoms with Crippen molar-refractivity contribution in [1.82, 2.24) is 24.9 Å². The lowest BCUT2D eigenvalue weighted by Crippen LogP contribution is -2.40. The predicted octanol–water partition coefficient (Wildman–Crippen LogP) is 1.21. The molecule has 0 bridgehead atoms. The summed E-state index contributed by atoms with van der Waals surface area (Å²) in [5, 5.41) is 17.2. The molecule has 24 heavy (non-hydrogen) atoms. The first-order chi connectivity index (χ1) is 11.6. The van der Waals surface area contributed by atoms with Crippen LogP contribution in [0.25, 0.3) is 0 Å². The van der Waals surface area contributed by atoms with Crippen molar-refractivity contribution in [2.75, 3.05) is 13.1 Å². The summed E-state index contributed by atoms with van der Waals surface area (Å²) >= 11 is 0. The summed E-state index contributed by atoms with van der Waals surface area (Å²) in [7, 11) is 0. The Kier molecular flexibility index (Phi) is 5.20. The van der Waals surface area contributed by atoms with Crippen LogP contribution in [0.2, 0.25) is 0 Å². The fourth-order valence-electron chi connectivity index (χ4n) is 3.06. The van der Waals surface area contributed by atoms with Crippen LogP contribution in [0.1, 0.15) is 37.1 Å². The molecular formula is C17H23N5O2. The van der Waals surface area contributed by atoms with Gasteiger partial charge in [0, 0.05) is 25.5 Å². The van der Waals surface area contributed by atoms with Gasteiger partial charge in [0.15, 0.2) is 0 Å². The topological polar surface area (TPSA) is 84.1 Å². The lowest BCUT2D eigenvalue weighted by Gasteiger charge is -2.32. The summed E-state index contributed by atoms with van der Waals surface area (Å²) in [6.45, 7) is 3.36. The van der Waals surface area contributed by atoms with E-state index in [1.165, 1.54) is 10.2 Å². The summed E-state index contributed by atoms with van der Waals surface area (Å²) in [6.07, 6.45) is 7.71. The molecule has 1 unspecified atom stereocenters. The van der Waals surface area contributed by atoms with Crippen LogP contribution in [-0.2, 0) is 17.8 Å². The van der Waals surface area contributed by atoms with Gasteiger partial charge in [-0.1, -0.05) is 11.3 Å². The molecule has 1 saturated heterocycles. The second-order valence-electron chi connectivity index (χ2n) is 6.41. The summed E-state index contributed by atoms with van der Waals surface area (Å²) in [5.41, 5.74) is 1.74. The van der Waals surface area contributed by atoms with E-state index in [0.29, 0.717) is 11.6 Å². The van der Waals surface area contributed by atoms with Gasteiger partial charge in [-0.25, -0.2) is 4.68 Å². The third kappa shape index (κ3) is 4.17. The van der Waals surface area contributed by atoms with Crippen LogP contribution in [0.4, 0.5) is 0 Å². The first-order valence-electron chi connectivity index (χ1n) is 8.36. The maximum Gasteiger partial charge on any atom is 0.244 e. The van der Waals surface area contributed by atoms with Crippen LogP contribution in [-0.4, -0.2) is 49.0 Å². The van der Waals surface area contributed by atoms with E-state index in [1.807, 2.05) is 17.2 Å². The van der Waals surface area contributed by atoms with Crippen molar-refractivity contribution in [3.63, 3.8) is 0 Å². The van der Waals surface area contributed by atoms with Gasteiger partial charge < -0.3 is 10.0 Å². The molecule has 7 heteroatoms. The summed E-state index contributed by atoms with van der Waals surface area (Å²) < 4.78 is 1.49. The summed E-state index contributed by atoms with van der Waals surface area (Å²) in [4.78, 5) is 18.4. The molecule has 0 spiro atoms. The molecule has 1 atom stereocenters. The predicted molar refractivity (Wildman–Crippen MR) is 87.9 cm³/mol. The van der Waals surface area contributed by atoms with E-state index >= 15 is 0 Å². The van der Waals surface area contributed by atoms with E-state index in [0.717, 1.165) is 32.4 Å². The van der Waals surface area contributed by atoms with Gasteiger partial charge in [-0.15, -0.1) is 5.10 Å². The van der Waals surface area contributed by atoms with Gasteiger partial charge in [0.2, 0.25) is 5.91 Å². The number of piperidine rings is 1. The molecule has 0 radical (unpaired) electrons. The average Bonchev–Trinajstić information content (AvgIpc) is 3.05. The average molecular weight is 329 g/mol. The molecule has 2 aromatic heterocycles. The van der Waals surface area contributed by atoms with E-state index in [4.69, 9.17) is 0 Å². The highest BCUT2D eigenvalue weighted by atomic mass is 16.3. The largest absolute Gasteiger partial charge is 0.387 e. The molecule has 1 N–H and O–H groups in total. The number of pyridine rings is 1. The Labute approximate surface area is 141 Å². The lowest BCUT2D eigenvalue weighted by molar-refractivity contribution is -0.133. The molecule has 1 aliphatic rings. The van der Waals surface area contributed by atoms with E-state index in [9.17, 15) is 9.90 Å². The number of rotatable bonds is 5. The maximum atomic E-state index is 12.4. The zero-order valence-electron chi connectivity index (χ0n) is 13.9. The molecule has 1 aliphatic heterocycles. The molecule has 0 saturated carbocycles. The quantitative estimate of drug-likeness (QED) is 0.891. The van der Waals surface area contributed by atoms with Crippen LogP contribution in [0.15, 0.2) is 30.7 Å². The monoisotopic (exact) mass is 329 g/mol. The molecular weight excluding hydrogens is 306 g/mol. The second-order valence-corrected chi connectivity index (χ2v) is 6.41. The van der Waals surface area contributed by atoms with Gasteiger partial charge in [0.25, 0.3) is 0 Å². The van der Waals surface area contributed by atoms with Gasteiger partial charge in [0.05, 0.1) is 12.3 Å². The number of nitrogens with zero attached hydrogens (tertiary/aromatic N) is 5. The Hall–Kier alpha value is -2.28. The number of likely N-dealkylation sites (tertiary alicyclic amines) is 1. The second kappa shape index (κ2) is 7.53. The summed E-state index contributed by atoms with van der Waals surface area (Å²) in [5.74, 6) is 0.656. The van der Waals surface area contributed by atoms with Gasteiger partial charge in [0.1, 0.15) is 12.2 Å². The maximum absolute atomic E-state index is 12.4. The smallest absolute Gasteiger partial charge is 0.244 e. The number of carbonyl (C=O) groups is 1. The van der Waals surface area contributed by atoms with Crippen molar-refractivity contribution in [3.05, 3.63) is 42.0 Å². The van der Waals surface area contributed by atoms with Crippen LogP contribution >= 0.6 is 0 Å². The van der Waals surface area contributed by atoms with Crippen molar-refractivity contribution < 1.29 is 9.90 Å². The third-order valence-electron chi connectivity index (χ3n) is 4.50. The van der Waals surface area contributed by atoms with Crippen molar-refractivity contribution in [3.8, 4) is 0 Å². The highest BCUT2D eigenvalue weighted by Crippen LogP contribution is 2.21. The molecule has 3 heterocycles. The zero-order valence-corrected chi connectivity index (χ0v) is 13.9. The fourth-order valence-corrected chi connectivity index (χ4v) is 3.06. The molecule has 0 aliphatic carbocycles. The van der Waals surface area contributed by atoms with Crippen LogP contribution in [0.5, 0.6) is 0 Å². The number of carbonyl (C=O) groups excluding carboxylic acids is 1. The van der Waals surface area contributed by atoms with E-state index in [-0.39, 0.29) is 12.5 Å². The van der Waals surface area contributed by atoms with Gasteiger partial charge in [-0.3, -0.25) is 9.78 Å². The van der Waals surface area contributed by atoms with Crippen molar-refractivity contribution in [2.45, 2.75) is 38.8 Å². The third-order valence-corrected chi connectivity index (χ3v) is 4.50.